The first-order valence-corrected chi connectivity index (χ1v) is 18.8. The number of nitrogens with zero attached hydrogens (tertiary/aromatic N) is 2. The Kier molecular flexibility index (Phi) is 6.56. The van der Waals surface area contributed by atoms with E-state index < -0.39 is 0 Å². The van der Waals surface area contributed by atoms with Crippen LogP contribution in [0.5, 0.6) is 0 Å². The van der Waals surface area contributed by atoms with Crippen LogP contribution in [0.15, 0.2) is 66.9 Å². The van der Waals surface area contributed by atoms with Crippen LogP contribution in [-0.2, 0) is 27.1 Å². The summed E-state index contributed by atoms with van der Waals surface area (Å²) in [6, 6.07) is 23.9. The van der Waals surface area contributed by atoms with Crippen molar-refractivity contribution >= 4 is 61.0 Å². The highest BCUT2D eigenvalue weighted by Crippen LogP contribution is 2.51. The van der Waals surface area contributed by atoms with Gasteiger partial charge in [-0.15, -0.1) is 11.3 Å². The SMILES string of the molecule is CC(C)(C)c1ccc(N2c3nccc4c3B(c3cc5c(cc3C4(C)C)C(C)(C)CCC5(C)C)c3sc4c(C(C)(C)C)cccc4c32)cc1. The van der Waals surface area contributed by atoms with Crippen LogP contribution in [0, 0.1) is 0 Å². The van der Waals surface area contributed by atoms with E-state index in [1.807, 2.05) is 11.3 Å². The summed E-state index contributed by atoms with van der Waals surface area (Å²) in [6.07, 6.45) is 4.50. The minimum atomic E-state index is -0.155. The summed E-state index contributed by atoms with van der Waals surface area (Å²) in [4.78, 5) is 7.81. The zero-order valence-electron chi connectivity index (χ0n) is 31.1. The summed E-state index contributed by atoms with van der Waals surface area (Å²) in [6.45, 7) is 28.8. The second kappa shape index (κ2) is 9.87. The Labute approximate surface area is 293 Å². The number of aromatic nitrogens is 1. The molecule has 3 aromatic carbocycles. The van der Waals surface area contributed by atoms with Crippen molar-refractivity contribution in [3.8, 4) is 0 Å². The molecule has 5 aromatic rings. The second-order valence-electron chi connectivity index (χ2n) is 18.8. The third-order valence-corrected chi connectivity index (χ3v) is 13.4. The molecule has 0 amide bonds. The number of fused-ring (bicyclic) bond motifs is 7. The summed E-state index contributed by atoms with van der Waals surface area (Å²) in [5, 5.41) is 1.34. The molecule has 48 heavy (non-hydrogen) atoms. The molecule has 1 aliphatic carbocycles. The molecule has 0 fully saturated rings. The van der Waals surface area contributed by atoms with Crippen molar-refractivity contribution in [3.05, 3.63) is 100 Å². The lowest BCUT2D eigenvalue weighted by Gasteiger charge is -2.47. The van der Waals surface area contributed by atoms with Crippen LogP contribution in [-0.4, -0.2) is 11.7 Å². The van der Waals surface area contributed by atoms with E-state index in [-0.39, 0.29) is 33.8 Å². The zero-order valence-corrected chi connectivity index (χ0v) is 32.0. The molecule has 0 unspecified atom stereocenters. The maximum atomic E-state index is 5.31. The lowest BCUT2D eigenvalue weighted by molar-refractivity contribution is 0.331. The molecule has 8 rings (SSSR count). The Balaban J connectivity index is 1.49. The number of benzene rings is 3. The molecule has 2 nitrogen and oxygen atoms in total. The fourth-order valence-electron chi connectivity index (χ4n) is 9.06. The largest absolute Gasteiger partial charge is 0.295 e. The monoisotopic (exact) mass is 650 g/mol. The van der Waals surface area contributed by atoms with Gasteiger partial charge in [0.05, 0.1) is 5.69 Å². The van der Waals surface area contributed by atoms with Crippen LogP contribution in [0.2, 0.25) is 0 Å². The zero-order chi connectivity index (χ0) is 34.3. The molecular formula is C44H51BN2S. The van der Waals surface area contributed by atoms with E-state index in [1.54, 1.807) is 11.1 Å². The van der Waals surface area contributed by atoms with Crippen molar-refractivity contribution in [3.63, 3.8) is 0 Å². The van der Waals surface area contributed by atoms with E-state index in [4.69, 9.17) is 4.98 Å². The van der Waals surface area contributed by atoms with Gasteiger partial charge in [0, 0.05) is 32.2 Å². The Morgan fingerprint density at radius 2 is 1.38 bits per heavy atom. The molecular weight excluding hydrogens is 599 g/mol. The fraction of sp³-hybridized carbons (Fsp3) is 0.432. The van der Waals surface area contributed by atoms with Crippen LogP contribution in [0.25, 0.3) is 10.1 Å². The maximum absolute atomic E-state index is 5.31. The first-order valence-electron chi connectivity index (χ1n) is 18.0. The number of anilines is 3. The van der Waals surface area contributed by atoms with Crippen LogP contribution >= 0.6 is 11.3 Å². The van der Waals surface area contributed by atoms with Gasteiger partial charge in [0.15, 0.2) is 0 Å². The van der Waals surface area contributed by atoms with E-state index in [0.29, 0.717) is 0 Å². The molecule has 0 saturated heterocycles. The summed E-state index contributed by atoms with van der Waals surface area (Å²) in [7, 11) is 0. The second-order valence-corrected chi connectivity index (χ2v) is 19.8. The normalized spacial score (nSPS) is 18.7. The van der Waals surface area contributed by atoms with Crippen molar-refractivity contribution < 1.29 is 0 Å². The highest BCUT2D eigenvalue weighted by Gasteiger charge is 2.50. The Morgan fingerprint density at radius 3 is 2.00 bits per heavy atom. The lowest BCUT2D eigenvalue weighted by Crippen LogP contribution is -2.64. The quantitative estimate of drug-likeness (QED) is 0.165. The predicted molar refractivity (Wildman–Crippen MR) is 210 cm³/mol. The summed E-state index contributed by atoms with van der Waals surface area (Å²) in [5.41, 5.74) is 14.4. The fourth-order valence-corrected chi connectivity index (χ4v) is 10.7. The minimum Gasteiger partial charge on any atom is -0.295 e. The third kappa shape index (κ3) is 4.40. The number of hydrogen-bond donors (Lipinski definition) is 0. The van der Waals surface area contributed by atoms with Crippen LogP contribution in [0.4, 0.5) is 17.2 Å². The molecule has 0 N–H and O–H groups in total. The minimum absolute atomic E-state index is 0.0313. The third-order valence-electron chi connectivity index (χ3n) is 12.2. The highest BCUT2D eigenvalue weighted by molar-refractivity contribution is 7.33. The van der Waals surface area contributed by atoms with Gasteiger partial charge in [0.1, 0.15) is 5.82 Å². The van der Waals surface area contributed by atoms with E-state index in [2.05, 4.69) is 155 Å². The molecule has 0 radical (unpaired) electrons. The van der Waals surface area contributed by atoms with Crippen LogP contribution in [0.3, 0.4) is 0 Å². The van der Waals surface area contributed by atoms with Crippen molar-refractivity contribution in [2.75, 3.05) is 4.90 Å². The molecule has 0 bridgehead atoms. The number of rotatable bonds is 1. The topological polar surface area (TPSA) is 16.1 Å². The van der Waals surface area contributed by atoms with Gasteiger partial charge in [-0.1, -0.05) is 131 Å². The van der Waals surface area contributed by atoms with Crippen molar-refractivity contribution in [1.82, 2.24) is 4.98 Å². The maximum Gasteiger partial charge on any atom is 0.262 e. The summed E-state index contributed by atoms with van der Waals surface area (Å²) in [5.74, 6) is 1.09. The van der Waals surface area contributed by atoms with Gasteiger partial charge in [-0.3, -0.25) is 4.90 Å². The molecule has 4 heterocycles. The van der Waals surface area contributed by atoms with E-state index >= 15 is 0 Å². The van der Waals surface area contributed by atoms with Crippen LogP contribution < -0.4 is 20.6 Å². The van der Waals surface area contributed by atoms with Gasteiger partial charge in [-0.2, -0.15) is 0 Å². The Hall–Kier alpha value is -3.37. The molecule has 3 aliphatic rings. The molecule has 0 saturated carbocycles. The van der Waals surface area contributed by atoms with Crippen molar-refractivity contribution in [2.24, 2.45) is 0 Å². The smallest absolute Gasteiger partial charge is 0.262 e. The molecule has 0 atom stereocenters. The molecule has 2 aromatic heterocycles. The number of hydrogen-bond acceptors (Lipinski definition) is 3. The van der Waals surface area contributed by atoms with Gasteiger partial charge >= 0.3 is 0 Å². The first-order chi connectivity index (χ1) is 22.3. The number of thiophene rings is 1. The summed E-state index contributed by atoms with van der Waals surface area (Å²) < 4.78 is 2.86. The molecule has 4 heteroatoms. The average Bonchev–Trinajstić information content (AvgIpc) is 3.39. The van der Waals surface area contributed by atoms with Gasteiger partial charge in [0.25, 0.3) is 6.71 Å². The molecule has 2 aliphatic heterocycles. The Morgan fingerprint density at radius 1 is 0.729 bits per heavy atom. The average molecular weight is 651 g/mol. The molecule has 0 spiro atoms. The Bertz CT molecular complexity index is 2130. The van der Waals surface area contributed by atoms with Crippen LogP contribution in [0.1, 0.15) is 129 Å². The number of pyridine rings is 1. The van der Waals surface area contributed by atoms with Gasteiger partial charge in [0.2, 0.25) is 0 Å². The standard InChI is InChI=1S/C44H51BN2S/c1-40(2,3)26-16-18-27(19-17-26)47-36-28-14-13-15-30(41(4,5)6)37(28)48-38(36)45-34-25-32-31(42(7,8)21-22-43(32,9)10)24-33(34)44(11,12)29-20-23-46-39(47)35(29)45/h13-20,23-25H,21-22H2,1-12H3. The highest BCUT2D eigenvalue weighted by atomic mass is 32.1. The van der Waals surface area contributed by atoms with Crippen molar-refractivity contribution in [1.29, 1.82) is 0 Å². The van der Waals surface area contributed by atoms with E-state index in [1.165, 1.54) is 72.3 Å². The first kappa shape index (κ1) is 31.9. The van der Waals surface area contributed by atoms with Gasteiger partial charge in [-0.05, 0) is 91.5 Å². The van der Waals surface area contributed by atoms with E-state index in [0.717, 1.165) is 5.82 Å². The van der Waals surface area contributed by atoms with E-state index in [9.17, 15) is 0 Å². The predicted octanol–water partition coefficient (Wildman–Crippen LogP) is 10.2. The lowest BCUT2D eigenvalue weighted by atomic mass is 9.32. The summed E-state index contributed by atoms with van der Waals surface area (Å²) >= 11 is 2.03. The van der Waals surface area contributed by atoms with Gasteiger partial charge in [-0.25, -0.2) is 4.98 Å². The molecule has 246 valence electrons. The van der Waals surface area contributed by atoms with Crippen molar-refractivity contribution in [2.45, 2.75) is 123 Å². The van der Waals surface area contributed by atoms with Gasteiger partial charge < -0.3 is 0 Å².